The fourth-order valence-corrected chi connectivity index (χ4v) is 4.65. The van der Waals surface area contributed by atoms with Crippen LogP contribution >= 0.6 is 0 Å². The van der Waals surface area contributed by atoms with Crippen LogP contribution in [-0.4, -0.2) is 30.4 Å². The molecule has 1 aromatic heterocycles. The van der Waals surface area contributed by atoms with E-state index in [0.29, 0.717) is 13.1 Å². The molecule has 0 N–H and O–H groups in total. The Labute approximate surface area is 150 Å². The average Bonchev–Trinajstić information content (AvgIpc) is 2.85. The molecule has 3 rings (SSSR count). The molecule has 1 saturated heterocycles. The Hall–Kier alpha value is -2.06. The Morgan fingerprint density at radius 3 is 2.15 bits per heavy atom. The molecule has 0 bridgehead atoms. The van der Waals surface area contributed by atoms with Gasteiger partial charge in [-0.2, -0.15) is 4.31 Å². The first-order valence-electron chi connectivity index (χ1n) is 8.52. The molecule has 0 atom stereocenters. The van der Waals surface area contributed by atoms with Crippen LogP contribution in [-0.2, 0) is 16.6 Å². The zero-order valence-electron chi connectivity index (χ0n) is 14.2. The molecule has 0 unspecified atom stereocenters. The maximum atomic E-state index is 13.4. The molecule has 0 spiro atoms. The predicted octanol–water partition coefficient (Wildman–Crippen LogP) is 2.74. The minimum absolute atomic E-state index is 0.0101. The third kappa shape index (κ3) is 4.19. The third-order valence-corrected chi connectivity index (χ3v) is 6.32. The summed E-state index contributed by atoms with van der Waals surface area (Å²) in [4.78, 5) is 12.1. The summed E-state index contributed by atoms with van der Waals surface area (Å²) in [6.45, 7) is 0.796. The summed E-state index contributed by atoms with van der Waals surface area (Å²) in [5, 5.41) is 0. The Morgan fingerprint density at radius 2 is 1.54 bits per heavy atom. The highest BCUT2D eigenvalue weighted by molar-refractivity contribution is 7.89. The second kappa shape index (κ2) is 7.67. The lowest BCUT2D eigenvalue weighted by molar-refractivity contribution is 0.423. The average molecular weight is 382 g/mol. The zero-order chi connectivity index (χ0) is 18.7. The Kier molecular flexibility index (Phi) is 5.52. The molecule has 0 amide bonds. The van der Waals surface area contributed by atoms with Crippen molar-refractivity contribution in [3.63, 3.8) is 0 Å². The largest absolute Gasteiger partial charge is 0.310 e. The standard InChI is InChI=1S/C18H20F2N2O3S/c19-15-9-14(10-16(20)11-15)12-21-13-17(5-6-18(21)23)26(24,25)22-7-3-1-2-4-8-22/h5-6,9-11,13H,1-4,7-8,12H2. The quantitative estimate of drug-likeness (QED) is 0.817. The molecule has 1 aliphatic rings. The van der Waals surface area contributed by atoms with Gasteiger partial charge in [0.1, 0.15) is 11.6 Å². The molecule has 5 nitrogen and oxygen atoms in total. The van der Waals surface area contributed by atoms with Gasteiger partial charge >= 0.3 is 0 Å². The smallest absolute Gasteiger partial charge is 0.250 e. The summed E-state index contributed by atoms with van der Waals surface area (Å²) in [6.07, 6.45) is 4.85. The fourth-order valence-electron chi connectivity index (χ4n) is 3.12. The highest BCUT2D eigenvalue weighted by Gasteiger charge is 2.25. The number of sulfonamides is 1. The SMILES string of the molecule is O=c1ccc(S(=O)(=O)N2CCCCCC2)cn1Cc1cc(F)cc(F)c1. The molecule has 1 aliphatic heterocycles. The first-order chi connectivity index (χ1) is 12.4. The summed E-state index contributed by atoms with van der Waals surface area (Å²) in [5.41, 5.74) is -0.196. The topological polar surface area (TPSA) is 59.4 Å². The maximum Gasteiger partial charge on any atom is 0.250 e. The first-order valence-corrected chi connectivity index (χ1v) is 9.96. The van der Waals surface area contributed by atoms with Gasteiger partial charge < -0.3 is 4.57 Å². The van der Waals surface area contributed by atoms with Crippen molar-refractivity contribution in [2.75, 3.05) is 13.1 Å². The first kappa shape index (κ1) is 18.7. The number of pyridine rings is 1. The van der Waals surface area contributed by atoms with E-state index in [1.165, 1.54) is 22.6 Å². The van der Waals surface area contributed by atoms with Crippen LogP contribution in [0.5, 0.6) is 0 Å². The molecular formula is C18H20F2N2O3S. The van der Waals surface area contributed by atoms with Crippen LogP contribution in [0.1, 0.15) is 31.2 Å². The summed E-state index contributed by atoms with van der Waals surface area (Å²) >= 11 is 0. The number of aromatic nitrogens is 1. The second-order valence-corrected chi connectivity index (χ2v) is 8.36. The number of benzene rings is 1. The zero-order valence-corrected chi connectivity index (χ0v) is 15.0. The minimum Gasteiger partial charge on any atom is -0.310 e. The van der Waals surface area contributed by atoms with Gasteiger partial charge in [0.2, 0.25) is 10.0 Å². The van der Waals surface area contributed by atoms with Crippen molar-refractivity contribution in [2.45, 2.75) is 37.1 Å². The van der Waals surface area contributed by atoms with Gasteiger partial charge in [-0.1, -0.05) is 12.8 Å². The van der Waals surface area contributed by atoms with Gasteiger partial charge in [0.25, 0.3) is 5.56 Å². The van der Waals surface area contributed by atoms with E-state index in [0.717, 1.165) is 48.4 Å². The lowest BCUT2D eigenvalue weighted by Crippen LogP contribution is -2.33. The van der Waals surface area contributed by atoms with Crippen molar-refractivity contribution in [2.24, 2.45) is 0 Å². The predicted molar refractivity (Wildman–Crippen MR) is 93.4 cm³/mol. The lowest BCUT2D eigenvalue weighted by Gasteiger charge is -2.20. The molecule has 1 fully saturated rings. The van der Waals surface area contributed by atoms with Crippen LogP contribution in [0.25, 0.3) is 0 Å². The molecule has 0 aliphatic carbocycles. The highest BCUT2D eigenvalue weighted by Crippen LogP contribution is 2.19. The lowest BCUT2D eigenvalue weighted by atomic mass is 10.2. The van der Waals surface area contributed by atoms with Gasteiger partial charge in [0.15, 0.2) is 0 Å². The van der Waals surface area contributed by atoms with Gasteiger partial charge in [0.05, 0.1) is 11.4 Å². The van der Waals surface area contributed by atoms with Crippen molar-refractivity contribution in [1.29, 1.82) is 0 Å². The summed E-state index contributed by atoms with van der Waals surface area (Å²) in [7, 11) is -3.71. The van der Waals surface area contributed by atoms with Gasteiger partial charge in [-0.25, -0.2) is 17.2 Å². The molecule has 26 heavy (non-hydrogen) atoms. The van der Waals surface area contributed by atoms with Crippen LogP contribution in [0.2, 0.25) is 0 Å². The van der Waals surface area contributed by atoms with Crippen molar-refractivity contribution >= 4 is 10.0 Å². The van der Waals surface area contributed by atoms with Gasteiger partial charge in [0, 0.05) is 31.4 Å². The van der Waals surface area contributed by atoms with Crippen LogP contribution in [0.4, 0.5) is 8.78 Å². The third-order valence-electron chi connectivity index (χ3n) is 4.43. The normalized spacial score (nSPS) is 16.4. The van der Waals surface area contributed by atoms with Crippen LogP contribution in [0.3, 0.4) is 0 Å². The molecular weight excluding hydrogens is 362 g/mol. The maximum absolute atomic E-state index is 13.4. The number of hydrogen-bond donors (Lipinski definition) is 0. The molecule has 140 valence electrons. The number of nitrogens with zero attached hydrogens (tertiary/aromatic N) is 2. The van der Waals surface area contributed by atoms with E-state index in [1.54, 1.807) is 0 Å². The van der Waals surface area contributed by atoms with Crippen molar-refractivity contribution < 1.29 is 17.2 Å². The van der Waals surface area contributed by atoms with Crippen molar-refractivity contribution in [3.05, 3.63) is 64.1 Å². The van der Waals surface area contributed by atoms with Crippen LogP contribution in [0, 0.1) is 11.6 Å². The van der Waals surface area contributed by atoms with Gasteiger partial charge in [-0.15, -0.1) is 0 Å². The monoisotopic (exact) mass is 382 g/mol. The van der Waals surface area contributed by atoms with E-state index in [1.807, 2.05) is 0 Å². The molecule has 2 aromatic rings. The Morgan fingerprint density at radius 1 is 0.923 bits per heavy atom. The number of rotatable bonds is 4. The highest BCUT2D eigenvalue weighted by atomic mass is 32.2. The number of hydrogen-bond acceptors (Lipinski definition) is 3. The number of halogens is 2. The van der Waals surface area contributed by atoms with Gasteiger partial charge in [-0.05, 0) is 36.6 Å². The summed E-state index contributed by atoms with van der Waals surface area (Å²) in [6, 6.07) is 5.43. The van der Waals surface area contributed by atoms with Crippen molar-refractivity contribution in [3.8, 4) is 0 Å². The van der Waals surface area contributed by atoms with E-state index < -0.39 is 27.2 Å². The molecule has 0 saturated carbocycles. The summed E-state index contributed by atoms with van der Waals surface area (Å²) in [5.74, 6) is -1.50. The fraction of sp³-hybridized carbons (Fsp3) is 0.389. The molecule has 2 heterocycles. The molecule has 1 aromatic carbocycles. The van der Waals surface area contributed by atoms with Crippen LogP contribution in [0.15, 0.2) is 46.2 Å². The van der Waals surface area contributed by atoms with E-state index in [-0.39, 0.29) is 17.0 Å². The van der Waals surface area contributed by atoms with Gasteiger partial charge in [-0.3, -0.25) is 4.79 Å². The van der Waals surface area contributed by atoms with E-state index in [2.05, 4.69) is 0 Å². The van der Waals surface area contributed by atoms with E-state index in [4.69, 9.17) is 0 Å². The van der Waals surface area contributed by atoms with Crippen molar-refractivity contribution in [1.82, 2.24) is 8.87 Å². The summed E-state index contributed by atoms with van der Waals surface area (Å²) < 4.78 is 55.0. The van der Waals surface area contributed by atoms with E-state index in [9.17, 15) is 22.0 Å². The Balaban J connectivity index is 1.93. The second-order valence-electron chi connectivity index (χ2n) is 6.43. The molecule has 0 radical (unpaired) electrons. The molecule has 8 heteroatoms. The Bertz CT molecular complexity index is 929. The van der Waals surface area contributed by atoms with Crippen LogP contribution < -0.4 is 5.56 Å². The minimum atomic E-state index is -3.71. The van der Waals surface area contributed by atoms with E-state index >= 15 is 0 Å².